The van der Waals surface area contributed by atoms with E-state index in [0.717, 1.165) is 6.42 Å². The van der Waals surface area contributed by atoms with Crippen LogP contribution in [0.2, 0.25) is 0 Å². The van der Waals surface area contributed by atoms with Crippen LogP contribution in [0.5, 0.6) is 0 Å². The average molecular weight is 189 g/mol. The molecule has 0 bridgehead atoms. The second-order valence-electron chi connectivity index (χ2n) is 3.60. The first-order valence-corrected chi connectivity index (χ1v) is 4.58. The quantitative estimate of drug-likeness (QED) is 0.586. The molecule has 0 radical (unpaired) electrons. The summed E-state index contributed by atoms with van der Waals surface area (Å²) in [4.78, 5) is 10.5. The molecule has 0 saturated heterocycles. The van der Waals surface area contributed by atoms with Gasteiger partial charge in [0.05, 0.1) is 6.10 Å². The lowest BCUT2D eigenvalue weighted by Gasteiger charge is -2.26. The fraction of sp³-hybridized carbons (Fsp3) is 0.889. The smallest absolute Gasteiger partial charge is 0.323 e. The van der Waals surface area contributed by atoms with Gasteiger partial charge in [-0.2, -0.15) is 0 Å². The zero-order valence-electron chi connectivity index (χ0n) is 8.40. The van der Waals surface area contributed by atoms with Crippen LogP contribution < -0.4 is 5.73 Å². The van der Waals surface area contributed by atoms with Crippen molar-refractivity contribution in [1.29, 1.82) is 0 Å². The first kappa shape index (κ1) is 12.4. The van der Waals surface area contributed by atoms with Crippen molar-refractivity contribution < 1.29 is 15.0 Å². The minimum Gasteiger partial charge on any atom is -0.480 e. The molecule has 13 heavy (non-hydrogen) atoms. The van der Waals surface area contributed by atoms with E-state index < -0.39 is 18.1 Å². The van der Waals surface area contributed by atoms with Gasteiger partial charge in [-0.1, -0.05) is 27.2 Å². The van der Waals surface area contributed by atoms with Crippen LogP contribution in [0.25, 0.3) is 0 Å². The normalized spacial score (nSPS) is 20.4. The molecule has 0 aromatic carbocycles. The van der Waals surface area contributed by atoms with Crippen LogP contribution >= 0.6 is 0 Å². The second kappa shape index (κ2) is 5.19. The molecule has 0 saturated carbocycles. The molecule has 0 aliphatic rings. The standard InChI is InChI=1S/C9H19NO3/c1-4-5(2)6(3)8(11)7(10)9(12)13/h5-8,11H,4,10H2,1-3H3,(H,12,13). The largest absolute Gasteiger partial charge is 0.480 e. The number of carbonyl (C=O) groups is 1. The number of rotatable bonds is 5. The number of aliphatic hydroxyl groups is 1. The van der Waals surface area contributed by atoms with Gasteiger partial charge in [0.25, 0.3) is 0 Å². The molecular formula is C9H19NO3. The van der Waals surface area contributed by atoms with E-state index in [1.165, 1.54) is 0 Å². The van der Waals surface area contributed by atoms with Crippen LogP contribution in [-0.2, 0) is 4.79 Å². The van der Waals surface area contributed by atoms with E-state index in [0.29, 0.717) is 0 Å². The Balaban J connectivity index is 4.24. The number of aliphatic carboxylic acids is 1. The van der Waals surface area contributed by atoms with Gasteiger partial charge in [-0.05, 0) is 11.8 Å². The van der Waals surface area contributed by atoms with Crippen molar-refractivity contribution >= 4 is 5.97 Å². The summed E-state index contributed by atoms with van der Waals surface area (Å²) < 4.78 is 0. The number of nitrogens with two attached hydrogens (primary N) is 1. The molecule has 78 valence electrons. The van der Waals surface area contributed by atoms with Crippen LogP contribution in [0, 0.1) is 11.8 Å². The van der Waals surface area contributed by atoms with Crippen molar-refractivity contribution in [3.05, 3.63) is 0 Å². The lowest BCUT2D eigenvalue weighted by molar-refractivity contribution is -0.142. The van der Waals surface area contributed by atoms with Crippen LogP contribution in [-0.4, -0.2) is 28.3 Å². The van der Waals surface area contributed by atoms with Crippen molar-refractivity contribution in [2.75, 3.05) is 0 Å². The molecule has 4 unspecified atom stereocenters. The Hall–Kier alpha value is -0.610. The van der Waals surface area contributed by atoms with Gasteiger partial charge >= 0.3 is 5.97 Å². The van der Waals surface area contributed by atoms with Crippen LogP contribution in [0.4, 0.5) is 0 Å². The molecule has 4 N–H and O–H groups in total. The van der Waals surface area contributed by atoms with E-state index in [1.807, 2.05) is 20.8 Å². The van der Waals surface area contributed by atoms with Gasteiger partial charge in [0.1, 0.15) is 6.04 Å². The SMILES string of the molecule is CCC(C)C(C)C(O)C(N)C(=O)O. The van der Waals surface area contributed by atoms with Crippen molar-refractivity contribution in [3.8, 4) is 0 Å². The second-order valence-corrected chi connectivity index (χ2v) is 3.60. The van der Waals surface area contributed by atoms with Crippen molar-refractivity contribution in [2.24, 2.45) is 17.6 Å². The Morgan fingerprint density at radius 1 is 1.46 bits per heavy atom. The van der Waals surface area contributed by atoms with Gasteiger partial charge in [-0.15, -0.1) is 0 Å². The van der Waals surface area contributed by atoms with E-state index in [9.17, 15) is 9.90 Å². The van der Waals surface area contributed by atoms with Gasteiger partial charge in [-0.25, -0.2) is 0 Å². The van der Waals surface area contributed by atoms with E-state index in [2.05, 4.69) is 0 Å². The van der Waals surface area contributed by atoms with E-state index in [1.54, 1.807) is 0 Å². The minimum atomic E-state index is -1.18. The predicted molar refractivity (Wildman–Crippen MR) is 50.2 cm³/mol. The summed E-state index contributed by atoms with van der Waals surface area (Å²) in [6.07, 6.45) is -0.0580. The summed E-state index contributed by atoms with van der Waals surface area (Å²) in [5.41, 5.74) is 5.30. The van der Waals surface area contributed by atoms with Gasteiger partial charge in [0.15, 0.2) is 0 Å². The fourth-order valence-electron chi connectivity index (χ4n) is 1.18. The number of carboxylic acids is 1. The Labute approximate surface area is 78.7 Å². The Morgan fingerprint density at radius 2 is 1.92 bits per heavy atom. The molecular weight excluding hydrogens is 170 g/mol. The Bertz CT molecular complexity index is 172. The minimum absolute atomic E-state index is 0.0869. The van der Waals surface area contributed by atoms with E-state index >= 15 is 0 Å². The lowest BCUT2D eigenvalue weighted by atomic mass is 9.86. The van der Waals surface area contributed by atoms with Gasteiger partial charge in [0.2, 0.25) is 0 Å². The van der Waals surface area contributed by atoms with Crippen molar-refractivity contribution in [2.45, 2.75) is 39.3 Å². The zero-order valence-corrected chi connectivity index (χ0v) is 8.40. The molecule has 4 heteroatoms. The molecule has 4 atom stereocenters. The molecule has 0 fully saturated rings. The van der Waals surface area contributed by atoms with Crippen molar-refractivity contribution in [1.82, 2.24) is 0 Å². The first-order valence-electron chi connectivity index (χ1n) is 4.58. The highest BCUT2D eigenvalue weighted by Gasteiger charge is 2.29. The Kier molecular flexibility index (Phi) is 4.95. The molecule has 0 spiro atoms. The van der Waals surface area contributed by atoms with Crippen LogP contribution in [0.1, 0.15) is 27.2 Å². The molecule has 0 aliphatic carbocycles. The van der Waals surface area contributed by atoms with Crippen molar-refractivity contribution in [3.63, 3.8) is 0 Å². The topological polar surface area (TPSA) is 83.5 Å². The first-order chi connectivity index (χ1) is 5.91. The third-order valence-electron chi connectivity index (χ3n) is 2.73. The van der Waals surface area contributed by atoms with Crippen LogP contribution in [0.15, 0.2) is 0 Å². The number of carboxylic acid groups (broad SMARTS) is 1. The third-order valence-corrected chi connectivity index (χ3v) is 2.73. The van der Waals surface area contributed by atoms with E-state index in [-0.39, 0.29) is 11.8 Å². The summed E-state index contributed by atoms with van der Waals surface area (Å²) in [5.74, 6) is -0.959. The van der Waals surface area contributed by atoms with Gasteiger partial charge in [0, 0.05) is 0 Å². The molecule has 4 nitrogen and oxygen atoms in total. The molecule has 0 rings (SSSR count). The third kappa shape index (κ3) is 3.32. The summed E-state index contributed by atoms with van der Waals surface area (Å²) in [6, 6.07) is -1.18. The molecule has 0 aromatic heterocycles. The molecule has 0 heterocycles. The lowest BCUT2D eigenvalue weighted by Crippen LogP contribution is -2.46. The summed E-state index contributed by atoms with van der Waals surface area (Å²) in [6.45, 7) is 5.80. The highest BCUT2D eigenvalue weighted by molar-refractivity contribution is 5.73. The predicted octanol–water partition coefficient (Wildman–Crippen LogP) is 0.441. The maximum atomic E-state index is 10.5. The number of aliphatic hydroxyl groups excluding tert-OH is 1. The van der Waals surface area contributed by atoms with Gasteiger partial charge in [-0.3, -0.25) is 4.79 Å². The van der Waals surface area contributed by atoms with E-state index in [4.69, 9.17) is 10.8 Å². The molecule has 0 aromatic rings. The monoisotopic (exact) mass is 189 g/mol. The molecule has 0 amide bonds. The zero-order chi connectivity index (χ0) is 10.6. The van der Waals surface area contributed by atoms with Gasteiger partial charge < -0.3 is 15.9 Å². The Morgan fingerprint density at radius 3 is 2.23 bits per heavy atom. The summed E-state index contributed by atoms with van der Waals surface area (Å²) in [7, 11) is 0. The summed E-state index contributed by atoms with van der Waals surface area (Å²) in [5, 5.41) is 18.1. The average Bonchev–Trinajstić information content (AvgIpc) is 2.12. The van der Waals surface area contributed by atoms with Crippen LogP contribution in [0.3, 0.4) is 0 Å². The highest BCUT2D eigenvalue weighted by Crippen LogP contribution is 2.19. The highest BCUT2D eigenvalue weighted by atomic mass is 16.4. The maximum absolute atomic E-state index is 10.5. The number of hydrogen-bond donors (Lipinski definition) is 3. The summed E-state index contributed by atoms with van der Waals surface area (Å²) >= 11 is 0. The number of hydrogen-bond acceptors (Lipinski definition) is 3. The fourth-order valence-corrected chi connectivity index (χ4v) is 1.18. The molecule has 0 aliphatic heterocycles. The maximum Gasteiger partial charge on any atom is 0.323 e.